The number of nitrogens with one attached hydrogen (secondary N) is 1. The summed E-state index contributed by atoms with van der Waals surface area (Å²) < 4.78 is 25.0. The molecule has 0 atom stereocenters. The molecule has 0 bridgehead atoms. The first-order valence-electron chi connectivity index (χ1n) is 7.36. The number of ether oxygens (including phenoxy) is 2. The third-order valence-electron chi connectivity index (χ3n) is 3.97. The Labute approximate surface area is 131 Å². The Hall–Kier alpha value is -2.41. The van der Waals surface area contributed by atoms with Gasteiger partial charge in [-0.3, -0.25) is 9.36 Å². The van der Waals surface area contributed by atoms with Crippen molar-refractivity contribution in [2.45, 2.75) is 19.4 Å². The number of hydrogen-bond acceptors (Lipinski definition) is 4. The van der Waals surface area contributed by atoms with Crippen molar-refractivity contribution in [3.63, 3.8) is 0 Å². The molecule has 2 heterocycles. The Bertz CT molecular complexity index is 882. The van der Waals surface area contributed by atoms with Crippen molar-refractivity contribution in [3.8, 4) is 5.75 Å². The van der Waals surface area contributed by atoms with Crippen LogP contribution in [0.3, 0.4) is 0 Å². The highest BCUT2D eigenvalue weighted by atomic mass is 19.1. The number of hydrogen-bond donors (Lipinski definition) is 1. The summed E-state index contributed by atoms with van der Waals surface area (Å²) in [5, 5.41) is 0.226. The number of nitrogens with zero attached hydrogens (tertiary/aromatic N) is 1. The van der Waals surface area contributed by atoms with E-state index in [4.69, 9.17) is 9.47 Å². The molecule has 0 saturated carbocycles. The largest absolute Gasteiger partial charge is 0.494 e. The Morgan fingerprint density at radius 2 is 2.22 bits per heavy atom. The molecule has 1 aliphatic heterocycles. The molecular weight excluding hydrogens is 303 g/mol. The van der Waals surface area contributed by atoms with Crippen LogP contribution in [-0.2, 0) is 11.3 Å². The molecule has 6 nitrogen and oxygen atoms in total. The van der Waals surface area contributed by atoms with Gasteiger partial charge in [0.15, 0.2) is 11.6 Å². The predicted octanol–water partition coefficient (Wildman–Crippen LogP) is 1.57. The van der Waals surface area contributed by atoms with Crippen molar-refractivity contribution in [3.05, 3.63) is 50.4 Å². The molecule has 1 aliphatic rings. The SMILES string of the molecule is COc1cc2c(=O)n(CCC3=CCOCC3)c(=O)[nH]c2cc1F. The van der Waals surface area contributed by atoms with Crippen LogP contribution in [0.25, 0.3) is 10.9 Å². The summed E-state index contributed by atoms with van der Waals surface area (Å²) in [7, 11) is 1.33. The molecule has 0 fully saturated rings. The van der Waals surface area contributed by atoms with Gasteiger partial charge in [0.2, 0.25) is 0 Å². The number of methoxy groups -OCH3 is 1. The van der Waals surface area contributed by atoms with Crippen molar-refractivity contribution in [1.82, 2.24) is 9.55 Å². The predicted molar refractivity (Wildman–Crippen MR) is 83.5 cm³/mol. The van der Waals surface area contributed by atoms with Gasteiger partial charge in [-0.2, -0.15) is 0 Å². The van der Waals surface area contributed by atoms with Crippen molar-refractivity contribution in [2.24, 2.45) is 0 Å². The molecule has 23 heavy (non-hydrogen) atoms. The van der Waals surface area contributed by atoms with Gasteiger partial charge in [-0.1, -0.05) is 11.6 Å². The molecule has 122 valence electrons. The van der Waals surface area contributed by atoms with Crippen LogP contribution >= 0.6 is 0 Å². The topological polar surface area (TPSA) is 73.3 Å². The van der Waals surface area contributed by atoms with Gasteiger partial charge >= 0.3 is 5.69 Å². The average Bonchev–Trinajstić information content (AvgIpc) is 2.55. The first-order chi connectivity index (χ1) is 11.1. The van der Waals surface area contributed by atoms with Gasteiger partial charge in [0, 0.05) is 12.6 Å². The summed E-state index contributed by atoms with van der Waals surface area (Å²) in [5.74, 6) is -0.652. The fourth-order valence-electron chi connectivity index (χ4n) is 2.66. The van der Waals surface area contributed by atoms with Crippen molar-refractivity contribution in [2.75, 3.05) is 20.3 Å². The number of H-pyrrole nitrogens is 1. The van der Waals surface area contributed by atoms with E-state index >= 15 is 0 Å². The first-order valence-corrected chi connectivity index (χ1v) is 7.36. The number of benzene rings is 1. The fraction of sp³-hybridized carbons (Fsp3) is 0.375. The van der Waals surface area contributed by atoms with Gasteiger partial charge in [-0.15, -0.1) is 0 Å². The summed E-state index contributed by atoms with van der Waals surface area (Å²) in [6.07, 6.45) is 3.39. The maximum atomic E-state index is 13.7. The molecule has 0 aliphatic carbocycles. The van der Waals surface area contributed by atoms with E-state index in [1.807, 2.05) is 6.08 Å². The van der Waals surface area contributed by atoms with Gasteiger partial charge in [-0.05, 0) is 18.9 Å². The molecule has 0 saturated heterocycles. The van der Waals surface area contributed by atoms with Crippen LogP contribution < -0.4 is 16.0 Å². The van der Waals surface area contributed by atoms with Crippen LogP contribution in [0.15, 0.2) is 33.4 Å². The van der Waals surface area contributed by atoms with Crippen molar-refractivity contribution >= 4 is 10.9 Å². The quantitative estimate of drug-likeness (QED) is 0.868. The van der Waals surface area contributed by atoms with Crippen molar-refractivity contribution in [1.29, 1.82) is 0 Å². The monoisotopic (exact) mass is 320 g/mol. The summed E-state index contributed by atoms with van der Waals surface area (Å²) in [4.78, 5) is 27.2. The Kier molecular flexibility index (Phi) is 4.29. The Balaban J connectivity index is 2.00. The zero-order valence-electron chi connectivity index (χ0n) is 12.7. The van der Waals surface area contributed by atoms with Crippen LogP contribution in [0.1, 0.15) is 12.8 Å². The second-order valence-electron chi connectivity index (χ2n) is 5.36. The van der Waals surface area contributed by atoms with Crippen molar-refractivity contribution < 1.29 is 13.9 Å². The maximum Gasteiger partial charge on any atom is 0.328 e. The van der Waals surface area contributed by atoms with Crippen LogP contribution in [-0.4, -0.2) is 29.9 Å². The number of aromatic nitrogens is 2. The van der Waals surface area contributed by atoms with Gasteiger partial charge in [0.05, 0.1) is 31.2 Å². The standard InChI is InChI=1S/C16H17FN2O4/c1-22-14-8-11-13(9-12(14)17)18-16(21)19(15(11)20)5-2-10-3-6-23-7-4-10/h3,8-9H,2,4-7H2,1H3,(H,18,21). The van der Waals surface area contributed by atoms with E-state index in [-0.39, 0.29) is 23.2 Å². The number of fused-ring (bicyclic) bond motifs is 1. The van der Waals surface area contributed by atoms with E-state index < -0.39 is 17.1 Å². The lowest BCUT2D eigenvalue weighted by molar-refractivity contribution is 0.153. The Morgan fingerprint density at radius 3 is 2.91 bits per heavy atom. The second-order valence-corrected chi connectivity index (χ2v) is 5.36. The highest BCUT2D eigenvalue weighted by molar-refractivity contribution is 5.79. The average molecular weight is 320 g/mol. The van der Waals surface area contributed by atoms with E-state index in [1.54, 1.807) is 0 Å². The van der Waals surface area contributed by atoms with Gasteiger partial charge in [0.1, 0.15) is 0 Å². The summed E-state index contributed by atoms with van der Waals surface area (Å²) >= 11 is 0. The molecular formula is C16H17FN2O4. The van der Waals surface area contributed by atoms with E-state index in [0.29, 0.717) is 19.6 Å². The van der Waals surface area contributed by atoms with E-state index in [2.05, 4.69) is 4.98 Å². The molecule has 1 N–H and O–H groups in total. The lowest BCUT2D eigenvalue weighted by atomic mass is 10.1. The van der Waals surface area contributed by atoms with Crippen LogP contribution in [0, 0.1) is 5.82 Å². The molecule has 0 radical (unpaired) electrons. The molecule has 0 amide bonds. The summed E-state index contributed by atoms with van der Waals surface area (Å²) in [6.45, 7) is 1.50. The molecule has 2 aromatic rings. The number of halogens is 1. The third kappa shape index (κ3) is 3.05. The minimum absolute atomic E-state index is 0.0275. The van der Waals surface area contributed by atoms with Crippen LogP contribution in [0.4, 0.5) is 4.39 Å². The van der Waals surface area contributed by atoms with Gasteiger partial charge < -0.3 is 14.5 Å². The first kappa shape index (κ1) is 15.5. The maximum absolute atomic E-state index is 13.7. The minimum Gasteiger partial charge on any atom is -0.494 e. The number of rotatable bonds is 4. The molecule has 1 aromatic heterocycles. The van der Waals surface area contributed by atoms with Gasteiger partial charge in [-0.25, -0.2) is 9.18 Å². The highest BCUT2D eigenvalue weighted by Crippen LogP contribution is 2.20. The smallest absolute Gasteiger partial charge is 0.328 e. The number of aromatic amines is 1. The zero-order valence-corrected chi connectivity index (χ0v) is 12.7. The van der Waals surface area contributed by atoms with E-state index in [1.165, 1.54) is 18.7 Å². The van der Waals surface area contributed by atoms with E-state index in [0.717, 1.165) is 17.1 Å². The molecule has 0 spiro atoms. The summed E-state index contributed by atoms with van der Waals surface area (Å²) in [5.41, 5.74) is 0.341. The minimum atomic E-state index is -0.625. The van der Waals surface area contributed by atoms with Crippen LogP contribution in [0.5, 0.6) is 5.75 Å². The van der Waals surface area contributed by atoms with E-state index in [9.17, 15) is 14.0 Å². The lowest BCUT2D eigenvalue weighted by Crippen LogP contribution is -2.35. The normalized spacial score (nSPS) is 14.8. The summed E-state index contributed by atoms with van der Waals surface area (Å²) in [6, 6.07) is 2.41. The highest BCUT2D eigenvalue weighted by Gasteiger charge is 2.13. The van der Waals surface area contributed by atoms with Crippen LogP contribution in [0.2, 0.25) is 0 Å². The zero-order chi connectivity index (χ0) is 16.4. The lowest BCUT2D eigenvalue weighted by Gasteiger charge is -2.14. The van der Waals surface area contributed by atoms with Gasteiger partial charge in [0.25, 0.3) is 5.56 Å². The second kappa shape index (κ2) is 6.37. The Morgan fingerprint density at radius 1 is 1.39 bits per heavy atom. The fourth-order valence-corrected chi connectivity index (χ4v) is 2.66. The molecule has 7 heteroatoms. The molecule has 1 aromatic carbocycles. The molecule has 0 unspecified atom stereocenters. The third-order valence-corrected chi connectivity index (χ3v) is 3.97. The molecule has 3 rings (SSSR count).